The van der Waals surface area contributed by atoms with Gasteiger partial charge in [0.2, 0.25) is 5.91 Å². The second-order valence-corrected chi connectivity index (χ2v) is 8.73. The highest BCUT2D eigenvalue weighted by atomic mass is 16.6. The van der Waals surface area contributed by atoms with Gasteiger partial charge in [0.15, 0.2) is 0 Å². The van der Waals surface area contributed by atoms with Crippen molar-refractivity contribution in [3.63, 3.8) is 0 Å². The number of imide groups is 1. The van der Waals surface area contributed by atoms with Crippen LogP contribution in [-0.4, -0.2) is 47.3 Å². The first-order valence-electron chi connectivity index (χ1n) is 10.3. The van der Waals surface area contributed by atoms with Gasteiger partial charge in [0.1, 0.15) is 12.7 Å². The summed E-state index contributed by atoms with van der Waals surface area (Å²) in [7, 11) is 0. The maximum Gasteiger partial charge on any atom is 0.417 e. The van der Waals surface area contributed by atoms with E-state index in [9.17, 15) is 14.4 Å². The summed E-state index contributed by atoms with van der Waals surface area (Å²) in [5.41, 5.74) is 0.979. The van der Waals surface area contributed by atoms with Crippen LogP contribution in [0.25, 0.3) is 0 Å². The van der Waals surface area contributed by atoms with Gasteiger partial charge in [0, 0.05) is 5.54 Å². The summed E-state index contributed by atoms with van der Waals surface area (Å²) in [6.45, 7) is 12.9. The van der Waals surface area contributed by atoms with E-state index in [4.69, 9.17) is 9.47 Å². The average Bonchev–Trinajstić information content (AvgIpc) is 3.03. The molecule has 1 fully saturated rings. The van der Waals surface area contributed by atoms with Crippen molar-refractivity contribution in [2.45, 2.75) is 58.7 Å². The Labute approximate surface area is 184 Å². The molecule has 0 bridgehead atoms. The maximum absolute atomic E-state index is 13.5. The van der Waals surface area contributed by atoms with Crippen LogP contribution in [0.2, 0.25) is 0 Å². The number of hydrogen-bond acceptors (Lipinski definition) is 5. The monoisotopic (exact) mass is 428 g/mol. The minimum Gasteiger partial charge on any atom is -0.447 e. The number of amides is 3. The fraction of sp³-hybridized carbons (Fsp3) is 0.458. The van der Waals surface area contributed by atoms with Gasteiger partial charge in [-0.3, -0.25) is 4.79 Å². The summed E-state index contributed by atoms with van der Waals surface area (Å²) in [6, 6.07) is 9.14. The zero-order valence-corrected chi connectivity index (χ0v) is 18.9. The van der Waals surface area contributed by atoms with E-state index in [0.29, 0.717) is 12.0 Å². The highest BCUT2D eigenvalue weighted by Gasteiger charge is 2.43. The van der Waals surface area contributed by atoms with Gasteiger partial charge in [0.25, 0.3) is 0 Å². The minimum atomic E-state index is -0.933. The number of rotatable bonds is 7. The Kier molecular flexibility index (Phi) is 8.02. The summed E-state index contributed by atoms with van der Waals surface area (Å²) < 4.78 is 10.8. The van der Waals surface area contributed by atoms with Crippen LogP contribution in [0.1, 0.15) is 40.2 Å². The van der Waals surface area contributed by atoms with E-state index in [1.54, 1.807) is 26.0 Å². The van der Waals surface area contributed by atoms with Crippen molar-refractivity contribution in [1.29, 1.82) is 0 Å². The first kappa shape index (κ1) is 24.2. The average molecular weight is 429 g/mol. The Morgan fingerprint density at radius 3 is 2.52 bits per heavy atom. The second-order valence-electron chi connectivity index (χ2n) is 8.73. The standard InChI is InChI=1S/C24H32N2O5/c1-7-11-19(20(16(2)3)31-22(28)25-24(4,5)6)21(27)26-18(15-30-23(26)29)14-17-12-9-8-10-13-17/h7-13,18-20H,2,14-15H2,1,3-6H3,(H,25,28)/b11-7+/t18-,19-,20+/m0/s1. The topological polar surface area (TPSA) is 84.9 Å². The Bertz CT molecular complexity index is 841. The summed E-state index contributed by atoms with van der Waals surface area (Å²) >= 11 is 0. The van der Waals surface area contributed by atoms with Gasteiger partial charge in [-0.05, 0) is 52.2 Å². The van der Waals surface area contributed by atoms with Gasteiger partial charge in [-0.2, -0.15) is 0 Å². The molecule has 3 atom stereocenters. The van der Waals surface area contributed by atoms with Crippen molar-refractivity contribution < 1.29 is 23.9 Å². The number of cyclic esters (lactones) is 1. The number of ether oxygens (including phenoxy) is 2. The first-order chi connectivity index (χ1) is 14.5. The largest absolute Gasteiger partial charge is 0.447 e. The number of allylic oxidation sites excluding steroid dienone is 1. The lowest BCUT2D eigenvalue weighted by Crippen LogP contribution is -2.48. The van der Waals surface area contributed by atoms with Gasteiger partial charge >= 0.3 is 12.2 Å². The predicted molar refractivity (Wildman–Crippen MR) is 118 cm³/mol. The molecule has 7 nitrogen and oxygen atoms in total. The van der Waals surface area contributed by atoms with E-state index in [2.05, 4.69) is 11.9 Å². The fourth-order valence-electron chi connectivity index (χ4n) is 3.38. The molecule has 1 saturated heterocycles. The first-order valence-corrected chi connectivity index (χ1v) is 10.3. The smallest absolute Gasteiger partial charge is 0.417 e. The molecule has 168 valence electrons. The molecule has 1 N–H and O–H groups in total. The van der Waals surface area contributed by atoms with Crippen molar-refractivity contribution in [3.05, 3.63) is 60.2 Å². The molecule has 1 aromatic carbocycles. The van der Waals surface area contributed by atoms with Crippen LogP contribution in [0.4, 0.5) is 9.59 Å². The summed E-state index contributed by atoms with van der Waals surface area (Å²) in [6.07, 6.45) is 1.50. The molecule has 1 aromatic rings. The molecule has 0 radical (unpaired) electrons. The molecule has 0 saturated carbocycles. The van der Waals surface area contributed by atoms with Crippen LogP contribution in [0.3, 0.4) is 0 Å². The normalized spacial score (nSPS) is 18.4. The number of nitrogens with zero attached hydrogens (tertiary/aromatic N) is 1. The van der Waals surface area contributed by atoms with E-state index in [1.165, 1.54) is 0 Å². The van der Waals surface area contributed by atoms with Crippen molar-refractivity contribution in [2.75, 3.05) is 6.61 Å². The maximum atomic E-state index is 13.5. The van der Waals surface area contributed by atoms with E-state index >= 15 is 0 Å². The molecule has 0 aliphatic carbocycles. The molecular formula is C24H32N2O5. The molecule has 1 aliphatic rings. The molecule has 7 heteroatoms. The number of nitrogens with one attached hydrogen (secondary N) is 1. The number of carbonyl (C=O) groups excluding carboxylic acids is 3. The predicted octanol–water partition coefficient (Wildman–Crippen LogP) is 4.24. The molecular weight excluding hydrogens is 396 g/mol. The van der Waals surface area contributed by atoms with Gasteiger partial charge in [0.05, 0.1) is 12.0 Å². The van der Waals surface area contributed by atoms with E-state index in [0.717, 1.165) is 10.5 Å². The number of alkyl carbamates (subject to hydrolysis) is 1. The Morgan fingerprint density at radius 2 is 1.97 bits per heavy atom. The van der Waals surface area contributed by atoms with Crippen LogP contribution >= 0.6 is 0 Å². The van der Waals surface area contributed by atoms with Crippen LogP contribution in [-0.2, 0) is 20.7 Å². The Morgan fingerprint density at radius 1 is 1.32 bits per heavy atom. The molecule has 2 rings (SSSR count). The zero-order chi connectivity index (χ0) is 23.2. The fourth-order valence-corrected chi connectivity index (χ4v) is 3.38. The molecule has 3 amide bonds. The number of benzene rings is 1. The van der Waals surface area contributed by atoms with Crippen LogP contribution in [0.5, 0.6) is 0 Å². The van der Waals surface area contributed by atoms with Crippen LogP contribution in [0, 0.1) is 5.92 Å². The van der Waals surface area contributed by atoms with E-state index < -0.39 is 41.7 Å². The van der Waals surface area contributed by atoms with Gasteiger partial charge in [-0.25, -0.2) is 14.5 Å². The molecule has 31 heavy (non-hydrogen) atoms. The number of carbonyl (C=O) groups is 3. The van der Waals surface area contributed by atoms with Crippen LogP contribution in [0.15, 0.2) is 54.6 Å². The van der Waals surface area contributed by atoms with Gasteiger partial charge in [-0.15, -0.1) is 0 Å². The Hall–Kier alpha value is -3.09. The lowest BCUT2D eigenvalue weighted by molar-refractivity contribution is -0.134. The summed E-state index contributed by atoms with van der Waals surface area (Å²) in [5.74, 6) is -1.39. The highest BCUT2D eigenvalue weighted by Crippen LogP contribution is 2.26. The van der Waals surface area contributed by atoms with Gasteiger partial charge < -0.3 is 14.8 Å². The van der Waals surface area contributed by atoms with Crippen molar-refractivity contribution in [2.24, 2.45) is 5.92 Å². The molecule has 1 aliphatic heterocycles. The summed E-state index contributed by atoms with van der Waals surface area (Å²) in [4.78, 5) is 39.4. The van der Waals surface area contributed by atoms with Crippen molar-refractivity contribution in [1.82, 2.24) is 10.2 Å². The van der Waals surface area contributed by atoms with Crippen molar-refractivity contribution in [3.8, 4) is 0 Å². The molecule has 0 spiro atoms. The van der Waals surface area contributed by atoms with Crippen molar-refractivity contribution >= 4 is 18.1 Å². The minimum absolute atomic E-state index is 0.116. The third kappa shape index (κ3) is 6.70. The third-order valence-corrected chi connectivity index (χ3v) is 4.72. The van der Waals surface area contributed by atoms with Gasteiger partial charge in [-0.1, -0.05) is 49.1 Å². The summed E-state index contributed by atoms with van der Waals surface area (Å²) in [5, 5.41) is 2.72. The SMILES string of the molecule is C=C(C)[C@@H](OC(=O)NC(C)(C)C)[C@H](/C=C/C)C(=O)N1C(=O)OC[C@@H]1Cc1ccccc1. The molecule has 0 unspecified atom stereocenters. The molecule has 0 aromatic heterocycles. The van der Waals surface area contributed by atoms with E-state index in [1.807, 2.05) is 51.1 Å². The second kappa shape index (κ2) is 10.3. The lowest BCUT2D eigenvalue weighted by Gasteiger charge is -2.30. The van der Waals surface area contributed by atoms with E-state index in [-0.39, 0.29) is 6.61 Å². The Balaban J connectivity index is 2.27. The van der Waals surface area contributed by atoms with Crippen LogP contribution < -0.4 is 5.32 Å². The zero-order valence-electron chi connectivity index (χ0n) is 18.9. The third-order valence-electron chi connectivity index (χ3n) is 4.72. The quantitative estimate of drug-likeness (QED) is 0.657. The number of hydrogen-bond donors (Lipinski definition) is 1. The lowest BCUT2D eigenvalue weighted by atomic mass is 9.94. The highest BCUT2D eigenvalue weighted by molar-refractivity contribution is 5.96. The molecule has 1 heterocycles.